The normalized spacial score (nSPS) is 11.4. The lowest BCUT2D eigenvalue weighted by molar-refractivity contribution is -0.117. The van der Waals surface area contributed by atoms with Crippen molar-refractivity contribution in [2.24, 2.45) is 5.41 Å². The molecule has 0 saturated heterocycles. The summed E-state index contributed by atoms with van der Waals surface area (Å²) in [6, 6.07) is 9.62. The van der Waals surface area contributed by atoms with Gasteiger partial charge in [-0.3, -0.25) is 4.79 Å². The third-order valence-corrected chi connectivity index (χ3v) is 4.64. The number of nitrogens with one attached hydrogen (secondary N) is 1. The van der Waals surface area contributed by atoms with Gasteiger partial charge in [0.05, 0.1) is 18.5 Å². The van der Waals surface area contributed by atoms with Crippen LogP contribution in [0.2, 0.25) is 0 Å². The van der Waals surface area contributed by atoms with Crippen molar-refractivity contribution in [3.63, 3.8) is 0 Å². The van der Waals surface area contributed by atoms with Crippen LogP contribution in [-0.2, 0) is 4.79 Å². The van der Waals surface area contributed by atoms with Crippen molar-refractivity contribution in [1.29, 1.82) is 0 Å². The number of benzene rings is 1. The van der Waals surface area contributed by atoms with E-state index in [1.54, 1.807) is 11.8 Å². The van der Waals surface area contributed by atoms with E-state index < -0.39 is 0 Å². The maximum absolute atomic E-state index is 12.3. The molecule has 0 saturated carbocycles. The van der Waals surface area contributed by atoms with Gasteiger partial charge in [0, 0.05) is 23.4 Å². The van der Waals surface area contributed by atoms with Crippen LogP contribution in [0.3, 0.4) is 0 Å². The number of methoxy groups -OCH3 is 1. The van der Waals surface area contributed by atoms with Gasteiger partial charge in [0.2, 0.25) is 11.0 Å². The molecule has 0 atom stereocenters. The summed E-state index contributed by atoms with van der Waals surface area (Å²) in [5, 5.41) is 10.1. The summed E-state index contributed by atoms with van der Waals surface area (Å²) in [6.07, 6.45) is 0.435. The van der Waals surface area contributed by atoms with Crippen LogP contribution in [0.4, 0.5) is 5.82 Å². The van der Waals surface area contributed by atoms with Gasteiger partial charge in [0.1, 0.15) is 11.6 Å². The van der Waals surface area contributed by atoms with Crippen LogP contribution in [0, 0.1) is 12.3 Å². The highest BCUT2D eigenvalue weighted by Crippen LogP contribution is 2.28. The Bertz CT molecular complexity index is 953. The van der Waals surface area contributed by atoms with Crippen molar-refractivity contribution < 1.29 is 9.53 Å². The van der Waals surface area contributed by atoms with E-state index in [4.69, 9.17) is 9.72 Å². The van der Waals surface area contributed by atoms with E-state index in [1.807, 2.05) is 63.4 Å². The van der Waals surface area contributed by atoms with Crippen LogP contribution in [0.25, 0.3) is 16.4 Å². The highest BCUT2D eigenvalue weighted by Gasteiger charge is 2.19. The Kier molecular flexibility index (Phi) is 5.32. The Morgan fingerprint density at radius 3 is 2.78 bits per heavy atom. The number of hydrogen-bond donors (Lipinski definition) is 1. The lowest BCUT2D eigenvalue weighted by Gasteiger charge is -2.17. The third kappa shape index (κ3) is 4.74. The van der Waals surface area contributed by atoms with Crippen molar-refractivity contribution in [2.75, 3.05) is 12.4 Å². The van der Waals surface area contributed by atoms with E-state index >= 15 is 0 Å². The molecule has 142 valence electrons. The molecule has 0 fully saturated rings. The Labute approximate surface area is 163 Å². The van der Waals surface area contributed by atoms with Gasteiger partial charge in [0.15, 0.2) is 0 Å². The fourth-order valence-electron chi connectivity index (χ4n) is 2.68. The Morgan fingerprint density at radius 1 is 1.30 bits per heavy atom. The van der Waals surface area contributed by atoms with Crippen molar-refractivity contribution in [2.45, 2.75) is 34.1 Å². The average molecular weight is 385 g/mol. The molecule has 3 rings (SSSR count). The van der Waals surface area contributed by atoms with Gasteiger partial charge in [-0.15, -0.1) is 11.3 Å². The first-order valence-electron chi connectivity index (χ1n) is 8.72. The molecule has 0 aliphatic carbocycles. The van der Waals surface area contributed by atoms with Crippen LogP contribution in [0.1, 0.15) is 32.9 Å². The maximum atomic E-state index is 12.3. The van der Waals surface area contributed by atoms with E-state index in [2.05, 4.69) is 10.4 Å². The van der Waals surface area contributed by atoms with E-state index in [-0.39, 0.29) is 11.3 Å². The Balaban J connectivity index is 1.87. The van der Waals surface area contributed by atoms with Gasteiger partial charge in [-0.25, -0.2) is 4.98 Å². The number of thiazole rings is 1. The summed E-state index contributed by atoms with van der Waals surface area (Å²) in [5.74, 6) is 1.38. The van der Waals surface area contributed by atoms with Gasteiger partial charge in [-0.05, 0) is 24.5 Å². The Hall–Kier alpha value is -2.67. The quantitative estimate of drug-likeness (QED) is 0.693. The molecular formula is C20H24N4O2S. The van der Waals surface area contributed by atoms with Crippen molar-refractivity contribution in [3.8, 4) is 22.1 Å². The smallest absolute Gasteiger partial charge is 0.226 e. The van der Waals surface area contributed by atoms with Crippen molar-refractivity contribution >= 4 is 23.1 Å². The number of amides is 1. The van der Waals surface area contributed by atoms with Gasteiger partial charge in [-0.1, -0.05) is 32.9 Å². The second-order valence-corrected chi connectivity index (χ2v) is 8.45. The average Bonchev–Trinajstić information content (AvgIpc) is 3.20. The summed E-state index contributed by atoms with van der Waals surface area (Å²) >= 11 is 1.48. The molecule has 0 bridgehead atoms. The van der Waals surface area contributed by atoms with E-state index in [1.165, 1.54) is 11.3 Å². The van der Waals surface area contributed by atoms with E-state index in [0.717, 1.165) is 22.7 Å². The molecule has 0 spiro atoms. The molecule has 27 heavy (non-hydrogen) atoms. The number of hydrogen-bond acceptors (Lipinski definition) is 5. The van der Waals surface area contributed by atoms with Crippen LogP contribution in [0.15, 0.2) is 35.7 Å². The predicted molar refractivity (Wildman–Crippen MR) is 109 cm³/mol. The summed E-state index contributed by atoms with van der Waals surface area (Å²) in [7, 11) is 1.64. The SMILES string of the molecule is COc1cccc(-c2csc(-n3nc(C)cc3NC(=O)CC(C)(C)C)n2)c1. The van der Waals surface area contributed by atoms with Gasteiger partial charge in [-0.2, -0.15) is 9.78 Å². The number of anilines is 1. The highest BCUT2D eigenvalue weighted by molar-refractivity contribution is 7.12. The summed E-state index contributed by atoms with van der Waals surface area (Å²) in [6.45, 7) is 8.01. The lowest BCUT2D eigenvalue weighted by atomic mass is 9.92. The molecule has 6 nitrogen and oxygen atoms in total. The first-order valence-corrected chi connectivity index (χ1v) is 9.60. The van der Waals surface area contributed by atoms with E-state index in [9.17, 15) is 4.79 Å². The molecule has 0 aliphatic rings. The number of carbonyl (C=O) groups is 1. The molecule has 1 aromatic carbocycles. The number of rotatable bonds is 5. The molecule has 0 unspecified atom stereocenters. The van der Waals surface area contributed by atoms with Gasteiger partial charge < -0.3 is 10.1 Å². The molecule has 0 radical (unpaired) electrons. The Morgan fingerprint density at radius 2 is 2.07 bits per heavy atom. The fourth-order valence-corrected chi connectivity index (χ4v) is 3.48. The van der Waals surface area contributed by atoms with Gasteiger partial charge in [0.25, 0.3) is 0 Å². The number of aryl methyl sites for hydroxylation is 1. The standard InChI is InChI=1S/C20H24N4O2S/c1-13-9-17(22-18(25)11-20(2,3)4)24(23-13)19-21-16(12-27-19)14-7-6-8-15(10-14)26-5/h6-10,12H,11H2,1-5H3,(H,22,25). The molecule has 0 aliphatic heterocycles. The third-order valence-electron chi connectivity index (χ3n) is 3.83. The monoisotopic (exact) mass is 384 g/mol. The fraction of sp³-hybridized carbons (Fsp3) is 0.350. The molecule has 2 heterocycles. The zero-order valence-corrected chi connectivity index (χ0v) is 17.1. The molecule has 1 amide bonds. The van der Waals surface area contributed by atoms with Crippen LogP contribution in [0.5, 0.6) is 5.75 Å². The number of nitrogens with zero attached hydrogens (tertiary/aromatic N) is 3. The van der Waals surface area contributed by atoms with Crippen LogP contribution < -0.4 is 10.1 Å². The number of ether oxygens (including phenoxy) is 1. The minimum Gasteiger partial charge on any atom is -0.497 e. The second-order valence-electron chi connectivity index (χ2n) is 7.62. The predicted octanol–water partition coefficient (Wildman–Crippen LogP) is 4.69. The largest absolute Gasteiger partial charge is 0.497 e. The molecule has 7 heteroatoms. The zero-order valence-electron chi connectivity index (χ0n) is 16.2. The summed E-state index contributed by atoms with van der Waals surface area (Å²) < 4.78 is 6.97. The minimum atomic E-state index is -0.0787. The maximum Gasteiger partial charge on any atom is 0.226 e. The molecule has 3 aromatic rings. The van der Waals surface area contributed by atoms with Crippen molar-refractivity contribution in [1.82, 2.24) is 14.8 Å². The lowest BCUT2D eigenvalue weighted by Crippen LogP contribution is -2.21. The molecule has 1 N–H and O–H groups in total. The van der Waals surface area contributed by atoms with Crippen molar-refractivity contribution in [3.05, 3.63) is 41.4 Å². The number of aromatic nitrogens is 3. The minimum absolute atomic E-state index is 0.0341. The zero-order chi connectivity index (χ0) is 19.6. The highest BCUT2D eigenvalue weighted by atomic mass is 32.1. The topological polar surface area (TPSA) is 69.0 Å². The summed E-state index contributed by atoms with van der Waals surface area (Å²) in [4.78, 5) is 17.0. The first-order chi connectivity index (χ1) is 12.7. The van der Waals surface area contributed by atoms with Gasteiger partial charge >= 0.3 is 0 Å². The molecule has 2 aromatic heterocycles. The number of carbonyl (C=O) groups excluding carboxylic acids is 1. The van der Waals surface area contributed by atoms with Crippen LogP contribution >= 0.6 is 11.3 Å². The first kappa shape index (κ1) is 19.1. The summed E-state index contributed by atoms with van der Waals surface area (Å²) in [5.41, 5.74) is 2.55. The second kappa shape index (κ2) is 7.52. The molecular weight excluding hydrogens is 360 g/mol. The van der Waals surface area contributed by atoms with Crippen LogP contribution in [-0.4, -0.2) is 27.8 Å². The van der Waals surface area contributed by atoms with E-state index in [0.29, 0.717) is 17.4 Å².